The van der Waals surface area contributed by atoms with Crippen LogP contribution in [0.2, 0.25) is 0 Å². The molecule has 1 aromatic carbocycles. The molecular formula is C17H23NO3. The van der Waals surface area contributed by atoms with Crippen LogP contribution in [0.1, 0.15) is 56.8 Å². The van der Waals surface area contributed by atoms with Gasteiger partial charge in [0, 0.05) is 18.5 Å². The van der Waals surface area contributed by atoms with Crippen molar-refractivity contribution in [3.8, 4) is 5.75 Å². The van der Waals surface area contributed by atoms with E-state index in [1.165, 1.54) is 0 Å². The maximum atomic E-state index is 12.3. The molecule has 4 heteroatoms. The molecule has 0 spiro atoms. The van der Waals surface area contributed by atoms with Crippen LogP contribution in [0.4, 0.5) is 5.69 Å². The summed E-state index contributed by atoms with van der Waals surface area (Å²) < 4.78 is 5.65. The highest BCUT2D eigenvalue weighted by Gasteiger charge is 2.31. The minimum Gasteiger partial charge on any atom is -0.479 e. The van der Waals surface area contributed by atoms with Crippen LogP contribution in [0.3, 0.4) is 0 Å². The van der Waals surface area contributed by atoms with Crippen molar-refractivity contribution in [2.75, 3.05) is 11.4 Å². The molecule has 4 nitrogen and oxygen atoms in total. The highest BCUT2D eigenvalue weighted by Crippen LogP contribution is 2.35. The average Bonchev–Trinajstić information content (AvgIpc) is 2.50. The lowest BCUT2D eigenvalue weighted by Crippen LogP contribution is -2.45. The van der Waals surface area contributed by atoms with Crippen molar-refractivity contribution >= 4 is 17.4 Å². The van der Waals surface area contributed by atoms with E-state index in [9.17, 15) is 9.59 Å². The van der Waals surface area contributed by atoms with Gasteiger partial charge in [0.2, 0.25) is 0 Å². The number of fused-ring (bicyclic) bond motifs is 1. The molecule has 1 aliphatic heterocycles. The average molecular weight is 289 g/mol. The third-order valence-electron chi connectivity index (χ3n) is 3.80. The summed E-state index contributed by atoms with van der Waals surface area (Å²) in [4.78, 5) is 26.0. The van der Waals surface area contributed by atoms with Gasteiger partial charge in [-0.1, -0.05) is 26.7 Å². The van der Waals surface area contributed by atoms with Crippen LogP contribution in [0, 0.1) is 0 Å². The molecule has 0 aromatic heterocycles. The maximum Gasteiger partial charge on any atom is 0.267 e. The highest BCUT2D eigenvalue weighted by atomic mass is 16.5. The fraction of sp³-hybridized carbons (Fsp3) is 0.529. The zero-order valence-electron chi connectivity index (χ0n) is 13.0. The van der Waals surface area contributed by atoms with Crippen molar-refractivity contribution in [1.29, 1.82) is 0 Å². The number of carbonyl (C=O) groups is 2. The molecule has 0 radical (unpaired) electrons. The van der Waals surface area contributed by atoms with Gasteiger partial charge in [-0.2, -0.15) is 0 Å². The van der Waals surface area contributed by atoms with E-state index in [1.54, 1.807) is 30.0 Å². The number of carbonyl (C=O) groups excluding carboxylic acids is 2. The summed E-state index contributed by atoms with van der Waals surface area (Å²) in [5.74, 6) is 0.739. The summed E-state index contributed by atoms with van der Waals surface area (Å²) in [6, 6.07) is 5.36. The Morgan fingerprint density at radius 2 is 2.05 bits per heavy atom. The second-order valence-corrected chi connectivity index (χ2v) is 5.42. The Morgan fingerprint density at radius 3 is 2.71 bits per heavy atom. The quantitative estimate of drug-likeness (QED) is 0.594. The Labute approximate surface area is 126 Å². The van der Waals surface area contributed by atoms with Crippen molar-refractivity contribution in [3.63, 3.8) is 0 Å². The van der Waals surface area contributed by atoms with Crippen molar-refractivity contribution in [1.82, 2.24) is 0 Å². The Kier molecular flexibility index (Phi) is 4.99. The van der Waals surface area contributed by atoms with Crippen molar-refractivity contribution in [2.24, 2.45) is 0 Å². The normalized spacial score (nSPS) is 17.4. The van der Waals surface area contributed by atoms with Crippen LogP contribution in [0.15, 0.2) is 18.2 Å². The Bertz CT molecular complexity index is 539. The zero-order valence-corrected chi connectivity index (χ0v) is 13.0. The molecule has 0 saturated heterocycles. The number of ketones is 1. The summed E-state index contributed by atoms with van der Waals surface area (Å²) in [6.45, 7) is 6.42. The Hall–Kier alpha value is -1.84. The first-order valence-corrected chi connectivity index (χ1v) is 7.73. The fourth-order valence-corrected chi connectivity index (χ4v) is 2.54. The molecular weight excluding hydrogens is 266 g/mol. The zero-order chi connectivity index (χ0) is 15.4. The van der Waals surface area contributed by atoms with E-state index in [1.807, 2.05) is 6.92 Å². The number of amides is 1. The van der Waals surface area contributed by atoms with E-state index >= 15 is 0 Å². The SMILES string of the molecule is CCCCCN1C(=O)C(C)Oc2ccc(C(=O)CC)cc21. The smallest absolute Gasteiger partial charge is 0.267 e. The third-order valence-corrected chi connectivity index (χ3v) is 3.80. The van der Waals surface area contributed by atoms with Gasteiger partial charge in [-0.15, -0.1) is 0 Å². The monoisotopic (exact) mass is 289 g/mol. The molecule has 0 fully saturated rings. The fourth-order valence-electron chi connectivity index (χ4n) is 2.54. The van der Waals surface area contributed by atoms with Crippen LogP contribution in [0.25, 0.3) is 0 Å². The molecule has 21 heavy (non-hydrogen) atoms. The van der Waals surface area contributed by atoms with Crippen molar-refractivity contribution in [3.05, 3.63) is 23.8 Å². The lowest BCUT2D eigenvalue weighted by Gasteiger charge is -2.33. The minimum absolute atomic E-state index is 0.0281. The number of Topliss-reactive ketones (excluding diaryl/α,β-unsaturated/α-hetero) is 1. The molecule has 0 N–H and O–H groups in total. The lowest BCUT2D eigenvalue weighted by molar-refractivity contribution is -0.125. The van der Waals surface area contributed by atoms with E-state index in [-0.39, 0.29) is 11.7 Å². The molecule has 0 bridgehead atoms. The second-order valence-electron chi connectivity index (χ2n) is 5.42. The van der Waals surface area contributed by atoms with Crippen molar-refractivity contribution in [2.45, 2.75) is 52.6 Å². The Morgan fingerprint density at radius 1 is 1.29 bits per heavy atom. The van der Waals surface area contributed by atoms with Gasteiger partial charge in [-0.25, -0.2) is 0 Å². The second kappa shape index (κ2) is 6.74. The number of ether oxygens (including phenoxy) is 1. The van der Waals surface area contributed by atoms with E-state index < -0.39 is 6.10 Å². The number of benzene rings is 1. The van der Waals surface area contributed by atoms with Crippen LogP contribution in [-0.4, -0.2) is 24.3 Å². The number of hydrogen-bond acceptors (Lipinski definition) is 3. The van der Waals surface area contributed by atoms with Crippen LogP contribution in [0.5, 0.6) is 5.75 Å². The molecule has 2 rings (SSSR count). The first kappa shape index (κ1) is 15.5. The van der Waals surface area contributed by atoms with E-state index in [4.69, 9.17) is 4.74 Å². The topological polar surface area (TPSA) is 46.6 Å². The first-order valence-electron chi connectivity index (χ1n) is 7.73. The molecule has 0 saturated carbocycles. The van der Waals surface area contributed by atoms with E-state index in [2.05, 4.69) is 6.92 Å². The summed E-state index contributed by atoms with van der Waals surface area (Å²) in [6.07, 6.45) is 3.14. The largest absolute Gasteiger partial charge is 0.479 e. The van der Waals surface area contributed by atoms with Crippen molar-refractivity contribution < 1.29 is 14.3 Å². The van der Waals surface area contributed by atoms with Gasteiger partial charge < -0.3 is 9.64 Å². The summed E-state index contributed by atoms with van der Waals surface area (Å²) in [5, 5.41) is 0. The molecule has 1 amide bonds. The highest BCUT2D eigenvalue weighted by molar-refractivity contribution is 6.02. The molecule has 114 valence electrons. The summed E-state index contributed by atoms with van der Waals surface area (Å²) in [5.41, 5.74) is 1.37. The first-order chi connectivity index (χ1) is 10.1. The molecule has 1 heterocycles. The predicted molar refractivity (Wildman–Crippen MR) is 83.0 cm³/mol. The van der Waals surface area contributed by atoms with Crippen LogP contribution in [-0.2, 0) is 4.79 Å². The van der Waals surface area contributed by atoms with Crippen LogP contribution < -0.4 is 9.64 Å². The molecule has 1 atom stereocenters. The minimum atomic E-state index is -0.466. The van der Waals surface area contributed by atoms with Gasteiger partial charge in [-0.3, -0.25) is 9.59 Å². The van der Waals surface area contributed by atoms with Gasteiger partial charge in [0.05, 0.1) is 5.69 Å². The molecule has 1 aliphatic rings. The lowest BCUT2D eigenvalue weighted by atomic mass is 10.1. The summed E-state index contributed by atoms with van der Waals surface area (Å²) in [7, 11) is 0. The number of unbranched alkanes of at least 4 members (excludes halogenated alkanes) is 2. The van der Waals surface area contributed by atoms with E-state index in [0.29, 0.717) is 24.3 Å². The van der Waals surface area contributed by atoms with Gasteiger partial charge in [-0.05, 0) is 31.5 Å². The Balaban J connectivity index is 2.33. The number of rotatable bonds is 6. The molecule has 1 unspecified atom stereocenters. The standard InChI is InChI=1S/C17H23NO3/c1-4-6-7-10-18-14-11-13(15(19)5-2)8-9-16(14)21-12(3)17(18)20/h8-9,11-12H,4-7,10H2,1-3H3. The van der Waals surface area contributed by atoms with Gasteiger partial charge in [0.25, 0.3) is 5.91 Å². The van der Waals surface area contributed by atoms with E-state index in [0.717, 1.165) is 24.9 Å². The predicted octanol–water partition coefficient (Wildman–Crippen LogP) is 3.58. The summed E-state index contributed by atoms with van der Waals surface area (Å²) >= 11 is 0. The van der Waals surface area contributed by atoms with Gasteiger partial charge >= 0.3 is 0 Å². The van der Waals surface area contributed by atoms with Gasteiger partial charge in [0.1, 0.15) is 5.75 Å². The number of nitrogens with zero attached hydrogens (tertiary/aromatic N) is 1. The number of anilines is 1. The third kappa shape index (κ3) is 3.26. The van der Waals surface area contributed by atoms with Gasteiger partial charge in [0.15, 0.2) is 11.9 Å². The number of hydrogen-bond donors (Lipinski definition) is 0. The molecule has 1 aromatic rings. The van der Waals surface area contributed by atoms with Crippen LogP contribution >= 0.6 is 0 Å². The maximum absolute atomic E-state index is 12.3. The molecule has 0 aliphatic carbocycles.